The molecule has 7 heteroatoms. The summed E-state index contributed by atoms with van der Waals surface area (Å²) in [5, 5.41) is 12.6. The zero-order chi connectivity index (χ0) is 19.4. The lowest BCUT2D eigenvalue weighted by Crippen LogP contribution is -2.59. The second kappa shape index (κ2) is 7.88. The molecule has 0 aromatic heterocycles. The first kappa shape index (κ1) is 19.0. The predicted octanol–water partition coefficient (Wildman–Crippen LogP) is 3.66. The van der Waals surface area contributed by atoms with Crippen molar-refractivity contribution < 1.29 is 24.2 Å². The van der Waals surface area contributed by atoms with Gasteiger partial charge in [0, 0.05) is 10.6 Å². The van der Waals surface area contributed by atoms with Crippen molar-refractivity contribution in [2.75, 3.05) is 7.11 Å². The van der Waals surface area contributed by atoms with E-state index < -0.39 is 17.4 Å². The zero-order valence-electron chi connectivity index (χ0n) is 14.8. The van der Waals surface area contributed by atoms with E-state index in [9.17, 15) is 14.7 Å². The highest BCUT2D eigenvalue weighted by Gasteiger charge is 2.45. The van der Waals surface area contributed by atoms with Gasteiger partial charge < -0.3 is 19.9 Å². The van der Waals surface area contributed by atoms with E-state index in [0.29, 0.717) is 41.5 Å². The van der Waals surface area contributed by atoms with E-state index in [4.69, 9.17) is 21.1 Å². The van der Waals surface area contributed by atoms with Gasteiger partial charge in [-0.25, -0.2) is 4.79 Å². The van der Waals surface area contributed by atoms with Gasteiger partial charge in [-0.15, -0.1) is 0 Å². The number of carboxylic acid groups (broad SMARTS) is 1. The highest BCUT2D eigenvalue weighted by Crippen LogP contribution is 2.33. The van der Waals surface area contributed by atoms with Gasteiger partial charge in [0.05, 0.1) is 7.11 Å². The molecule has 2 N–H and O–H groups in total. The summed E-state index contributed by atoms with van der Waals surface area (Å²) >= 11 is 5.87. The summed E-state index contributed by atoms with van der Waals surface area (Å²) < 4.78 is 11.1. The highest BCUT2D eigenvalue weighted by atomic mass is 35.5. The lowest BCUT2D eigenvalue weighted by atomic mass is 9.76. The van der Waals surface area contributed by atoms with E-state index in [2.05, 4.69) is 5.32 Å². The van der Waals surface area contributed by atoms with Crippen LogP contribution < -0.4 is 14.8 Å². The molecular weight excluding hydrogens is 370 g/mol. The van der Waals surface area contributed by atoms with E-state index >= 15 is 0 Å². The number of carbonyl (C=O) groups is 2. The van der Waals surface area contributed by atoms with Crippen LogP contribution in [-0.2, 0) is 11.4 Å². The molecule has 0 radical (unpaired) electrons. The molecule has 2 aromatic carbocycles. The fourth-order valence-electron chi connectivity index (χ4n) is 2.88. The number of methoxy groups -OCH3 is 1. The SMILES string of the molecule is COc1cc(C(=O)NC2(C(=O)O)CCC2)ccc1OCc1ccc(Cl)cc1. The Balaban J connectivity index is 1.70. The Kier molecular flexibility index (Phi) is 5.56. The normalized spacial score (nSPS) is 14.7. The quantitative estimate of drug-likeness (QED) is 0.754. The molecule has 2 aromatic rings. The van der Waals surface area contributed by atoms with Crippen LogP contribution in [0.2, 0.25) is 5.02 Å². The number of benzene rings is 2. The maximum atomic E-state index is 12.5. The minimum atomic E-state index is -1.16. The topological polar surface area (TPSA) is 84.9 Å². The summed E-state index contributed by atoms with van der Waals surface area (Å²) in [6.07, 6.45) is 1.66. The largest absolute Gasteiger partial charge is 0.493 e. The van der Waals surface area contributed by atoms with Crippen molar-refractivity contribution >= 4 is 23.5 Å². The highest BCUT2D eigenvalue weighted by molar-refractivity contribution is 6.30. The van der Waals surface area contributed by atoms with E-state index in [-0.39, 0.29) is 0 Å². The molecule has 0 atom stereocenters. The molecule has 1 aliphatic carbocycles. The predicted molar refractivity (Wildman–Crippen MR) is 100 cm³/mol. The molecular formula is C20H20ClNO5. The molecule has 1 saturated carbocycles. The van der Waals surface area contributed by atoms with Crippen LogP contribution in [0.5, 0.6) is 11.5 Å². The zero-order valence-corrected chi connectivity index (χ0v) is 15.6. The van der Waals surface area contributed by atoms with Crippen molar-refractivity contribution in [2.24, 2.45) is 0 Å². The molecule has 1 amide bonds. The molecule has 0 heterocycles. The first-order valence-corrected chi connectivity index (χ1v) is 8.92. The number of carbonyl (C=O) groups excluding carboxylic acids is 1. The lowest BCUT2D eigenvalue weighted by molar-refractivity contribution is -0.148. The standard InChI is InChI=1S/C20H20ClNO5/c1-26-17-11-14(18(23)22-20(19(24)25)9-2-10-20)5-8-16(17)27-12-13-3-6-15(21)7-4-13/h3-8,11H,2,9-10,12H2,1H3,(H,22,23)(H,24,25). The van der Waals surface area contributed by atoms with Crippen molar-refractivity contribution in [1.29, 1.82) is 0 Å². The molecule has 0 unspecified atom stereocenters. The van der Waals surface area contributed by atoms with Crippen LogP contribution in [0.4, 0.5) is 0 Å². The van der Waals surface area contributed by atoms with E-state index in [0.717, 1.165) is 12.0 Å². The van der Waals surface area contributed by atoms with Crippen LogP contribution in [0.15, 0.2) is 42.5 Å². The second-order valence-corrected chi connectivity index (χ2v) is 6.91. The molecule has 142 valence electrons. The molecule has 0 spiro atoms. The molecule has 0 bridgehead atoms. The fourth-order valence-corrected chi connectivity index (χ4v) is 3.01. The van der Waals surface area contributed by atoms with E-state index in [1.807, 2.05) is 12.1 Å². The maximum Gasteiger partial charge on any atom is 0.329 e. The summed E-state index contributed by atoms with van der Waals surface area (Å²) in [4.78, 5) is 23.9. The average molecular weight is 390 g/mol. The third-order valence-corrected chi connectivity index (χ3v) is 4.95. The molecule has 0 saturated heterocycles. The Hall–Kier alpha value is -2.73. The number of ether oxygens (including phenoxy) is 2. The van der Waals surface area contributed by atoms with Crippen LogP contribution in [0.3, 0.4) is 0 Å². The van der Waals surface area contributed by atoms with Crippen molar-refractivity contribution in [1.82, 2.24) is 5.32 Å². The summed E-state index contributed by atoms with van der Waals surface area (Å²) in [5.74, 6) is -0.563. The molecule has 6 nitrogen and oxygen atoms in total. The third-order valence-electron chi connectivity index (χ3n) is 4.70. The Morgan fingerprint density at radius 2 is 1.85 bits per heavy atom. The summed E-state index contributed by atoms with van der Waals surface area (Å²) in [6.45, 7) is 0.321. The van der Waals surface area contributed by atoms with Gasteiger partial charge in [0.2, 0.25) is 0 Å². The average Bonchev–Trinajstić information content (AvgIpc) is 2.63. The van der Waals surface area contributed by atoms with Gasteiger partial charge >= 0.3 is 5.97 Å². The number of amides is 1. The van der Waals surface area contributed by atoms with Gasteiger partial charge in [0.15, 0.2) is 11.5 Å². The minimum absolute atomic E-state index is 0.318. The number of carboxylic acids is 1. The van der Waals surface area contributed by atoms with Gasteiger partial charge in [-0.05, 0) is 55.2 Å². The van der Waals surface area contributed by atoms with Crippen molar-refractivity contribution in [3.05, 3.63) is 58.6 Å². The number of halogens is 1. The number of hydrogen-bond donors (Lipinski definition) is 2. The summed E-state index contributed by atoms with van der Waals surface area (Å²) in [7, 11) is 1.48. The summed E-state index contributed by atoms with van der Waals surface area (Å²) in [5.41, 5.74) is 0.100. The minimum Gasteiger partial charge on any atom is -0.493 e. The Morgan fingerprint density at radius 1 is 1.15 bits per heavy atom. The Morgan fingerprint density at radius 3 is 2.41 bits per heavy atom. The third kappa shape index (κ3) is 4.17. The molecule has 27 heavy (non-hydrogen) atoms. The van der Waals surface area contributed by atoms with Crippen LogP contribution in [-0.4, -0.2) is 29.6 Å². The van der Waals surface area contributed by atoms with Crippen molar-refractivity contribution in [2.45, 2.75) is 31.4 Å². The Labute approximate surface area is 162 Å². The number of nitrogens with one attached hydrogen (secondary N) is 1. The van der Waals surface area contributed by atoms with Crippen molar-refractivity contribution in [3.8, 4) is 11.5 Å². The lowest BCUT2D eigenvalue weighted by Gasteiger charge is -2.38. The molecule has 3 rings (SSSR count). The van der Waals surface area contributed by atoms with Gasteiger partial charge in [0.1, 0.15) is 12.1 Å². The van der Waals surface area contributed by atoms with Crippen molar-refractivity contribution in [3.63, 3.8) is 0 Å². The van der Waals surface area contributed by atoms with Gasteiger partial charge in [-0.3, -0.25) is 4.79 Å². The Bertz CT molecular complexity index is 846. The molecule has 1 fully saturated rings. The first-order chi connectivity index (χ1) is 12.9. The van der Waals surface area contributed by atoms with Gasteiger partial charge in [-0.1, -0.05) is 23.7 Å². The monoisotopic (exact) mass is 389 g/mol. The summed E-state index contributed by atoms with van der Waals surface area (Å²) in [6, 6.07) is 12.1. The molecule has 1 aliphatic rings. The van der Waals surface area contributed by atoms with Gasteiger partial charge in [0.25, 0.3) is 5.91 Å². The number of hydrogen-bond acceptors (Lipinski definition) is 4. The smallest absolute Gasteiger partial charge is 0.329 e. The van der Waals surface area contributed by atoms with E-state index in [1.165, 1.54) is 7.11 Å². The second-order valence-electron chi connectivity index (χ2n) is 6.48. The number of rotatable bonds is 7. The van der Waals surface area contributed by atoms with Crippen LogP contribution in [0.1, 0.15) is 35.2 Å². The fraction of sp³-hybridized carbons (Fsp3) is 0.300. The molecule has 0 aliphatic heterocycles. The first-order valence-electron chi connectivity index (χ1n) is 8.55. The van der Waals surface area contributed by atoms with E-state index in [1.54, 1.807) is 30.3 Å². The maximum absolute atomic E-state index is 12.5. The van der Waals surface area contributed by atoms with Gasteiger partial charge in [-0.2, -0.15) is 0 Å². The van der Waals surface area contributed by atoms with Crippen LogP contribution in [0.25, 0.3) is 0 Å². The van der Waals surface area contributed by atoms with Crippen LogP contribution >= 0.6 is 11.6 Å². The van der Waals surface area contributed by atoms with Crippen LogP contribution in [0, 0.1) is 0 Å². The number of aliphatic carboxylic acids is 1.